The Bertz CT molecular complexity index is 6550. The highest BCUT2D eigenvalue weighted by atomic mass is 16.7. The second-order valence-electron chi connectivity index (χ2n) is 32.3. The van der Waals surface area contributed by atoms with Crippen LogP contribution < -0.4 is 18.9 Å². The first kappa shape index (κ1) is 79.8. The van der Waals surface area contributed by atoms with Crippen LogP contribution in [-0.2, 0) is 16.2 Å². The number of pyridine rings is 8. The highest BCUT2D eigenvalue weighted by Gasteiger charge is 2.29. The molecule has 2 aliphatic heterocycles. The van der Waals surface area contributed by atoms with Gasteiger partial charge in [0.2, 0.25) is 13.6 Å². The van der Waals surface area contributed by atoms with E-state index in [9.17, 15) is 0 Å². The van der Waals surface area contributed by atoms with Gasteiger partial charge in [-0.1, -0.05) is 129 Å². The fraction of sp³-hybridized carbons (Fsp3) is 0.186. The van der Waals surface area contributed by atoms with Crippen LogP contribution in [0.15, 0.2) is 256 Å². The van der Waals surface area contributed by atoms with Crippen molar-refractivity contribution >= 4 is 22.1 Å². The lowest BCUT2D eigenvalue weighted by Crippen LogP contribution is -2.13. The van der Waals surface area contributed by atoms with E-state index in [4.69, 9.17) is 33.9 Å². The van der Waals surface area contributed by atoms with Crippen molar-refractivity contribution in [3.8, 4) is 147 Å². The van der Waals surface area contributed by atoms with E-state index in [0.29, 0.717) is 0 Å². The van der Waals surface area contributed by atoms with E-state index in [0.717, 1.165) is 210 Å². The van der Waals surface area contributed by atoms with Crippen molar-refractivity contribution < 1.29 is 18.9 Å². The molecule has 0 fully saturated rings. The second kappa shape index (κ2) is 34.2. The van der Waals surface area contributed by atoms with E-state index >= 15 is 0 Å². The van der Waals surface area contributed by atoms with E-state index in [2.05, 4.69) is 166 Å². The summed E-state index contributed by atoms with van der Waals surface area (Å²) < 4.78 is 21.9. The summed E-state index contributed by atoms with van der Waals surface area (Å²) in [7, 11) is 0. The summed E-state index contributed by atoms with van der Waals surface area (Å²) in [5.41, 5.74) is 27.6. The van der Waals surface area contributed by atoms with Crippen molar-refractivity contribution in [1.82, 2.24) is 100 Å². The number of nitrogens with zero attached hydrogens (tertiary/aromatic N) is 15. The molecule has 24 heteroatoms. The zero-order valence-corrected chi connectivity index (χ0v) is 69.5. The first-order valence-corrected chi connectivity index (χ1v) is 39.8. The fourth-order valence-electron chi connectivity index (χ4n) is 13.7. The number of hydrogen-bond acceptors (Lipinski definition) is 19. The zero-order valence-electron chi connectivity index (χ0n) is 69.5. The number of imidazole rings is 3. The summed E-state index contributed by atoms with van der Waals surface area (Å²) in [5.74, 6) is 5.83. The molecule has 0 amide bonds. The Morgan fingerprint density at radius 2 is 0.686 bits per heavy atom. The minimum Gasteiger partial charge on any atom is -0.454 e. The molecule has 0 unspecified atom stereocenters. The highest BCUT2D eigenvalue weighted by Crippen LogP contribution is 2.43. The quantitative estimate of drug-likeness (QED) is 0.0803. The molecule has 0 saturated heterocycles. The number of nitrogens with one attached hydrogen (secondary N) is 5. The van der Waals surface area contributed by atoms with Gasteiger partial charge in [-0.3, -0.25) is 55.1 Å². The SMILES string of the molecule is Cc1cccc(-c2[nH]c(C(C)(C)C)nc2-c2ccc3c(c2)OCO3)n1.Cc1cccc(-c2[nH]c(C(C)(C)C)nc2-c2ccc3c(c2)OCO3)n1.Cc1cccc(-c2[nH]c(C(C)(C)C)nc2-c2ccc3nccnc3c2)n1.Cc1cccc(-c2[nH]ncc2-c2ccc3ncccc3n2)n1.c1ccc(-c2cc(-c3cn[nH]c3-c3ccccn3)ccn2)cc1. The molecule has 121 heavy (non-hydrogen) atoms. The number of rotatable bonds is 11. The molecule has 18 aromatic rings. The molecule has 24 nitrogen and oxygen atoms in total. The molecular formula is C97H90N20O4. The van der Waals surface area contributed by atoms with Crippen LogP contribution in [0.3, 0.4) is 0 Å². The van der Waals surface area contributed by atoms with Gasteiger partial charge in [0.1, 0.15) is 17.5 Å². The van der Waals surface area contributed by atoms with Gasteiger partial charge in [0.25, 0.3) is 0 Å². The molecule has 5 N–H and O–H groups in total. The van der Waals surface area contributed by atoms with Crippen LogP contribution in [0.1, 0.15) is 103 Å². The monoisotopic (exact) mass is 1600 g/mol. The molecule has 0 bridgehead atoms. The third-order valence-corrected chi connectivity index (χ3v) is 19.9. The fourth-order valence-corrected chi connectivity index (χ4v) is 13.7. The summed E-state index contributed by atoms with van der Waals surface area (Å²) in [6.07, 6.45) is 12.4. The van der Waals surface area contributed by atoms with Gasteiger partial charge in [-0.15, -0.1) is 0 Å². The normalized spacial score (nSPS) is 12.0. The third-order valence-electron chi connectivity index (χ3n) is 19.9. The van der Waals surface area contributed by atoms with Gasteiger partial charge in [0.05, 0.1) is 120 Å². The summed E-state index contributed by atoms with van der Waals surface area (Å²) in [6.45, 7) is 27.8. The first-order chi connectivity index (χ1) is 58.5. The van der Waals surface area contributed by atoms with Gasteiger partial charge in [0, 0.05) is 103 Å². The number of aryl methyl sites for hydroxylation is 4. The maximum Gasteiger partial charge on any atom is 0.231 e. The Kier molecular flexibility index (Phi) is 22.6. The molecule has 0 saturated carbocycles. The zero-order chi connectivity index (χ0) is 83.9. The van der Waals surface area contributed by atoms with E-state index in [1.165, 1.54) is 0 Å². The molecule has 2 aliphatic rings. The number of hydrogen-bond donors (Lipinski definition) is 5. The Balaban J connectivity index is 0.000000113. The van der Waals surface area contributed by atoms with Gasteiger partial charge >= 0.3 is 0 Å². The summed E-state index contributed by atoms with van der Waals surface area (Å²) in [5, 5.41) is 14.4. The van der Waals surface area contributed by atoms with Gasteiger partial charge < -0.3 is 33.9 Å². The molecule has 602 valence electrons. The summed E-state index contributed by atoms with van der Waals surface area (Å²) >= 11 is 0. The largest absolute Gasteiger partial charge is 0.454 e. The second-order valence-corrected chi connectivity index (χ2v) is 32.3. The molecule has 16 heterocycles. The van der Waals surface area contributed by atoms with Crippen LogP contribution in [0.2, 0.25) is 0 Å². The lowest BCUT2D eigenvalue weighted by molar-refractivity contribution is 0.173. The van der Waals surface area contributed by atoms with Crippen LogP contribution in [0.4, 0.5) is 0 Å². The van der Waals surface area contributed by atoms with E-state index in [1.54, 1.807) is 31.0 Å². The van der Waals surface area contributed by atoms with Crippen molar-refractivity contribution in [2.45, 2.75) is 106 Å². The molecule has 20 rings (SSSR count). The number of aromatic amines is 5. The average molecular weight is 1600 g/mol. The molecule has 0 spiro atoms. The van der Waals surface area contributed by atoms with E-state index < -0.39 is 0 Å². The van der Waals surface area contributed by atoms with Crippen molar-refractivity contribution in [3.05, 3.63) is 296 Å². The van der Waals surface area contributed by atoms with Crippen LogP contribution in [0.25, 0.3) is 146 Å². The first-order valence-electron chi connectivity index (χ1n) is 39.8. The van der Waals surface area contributed by atoms with Crippen molar-refractivity contribution in [3.63, 3.8) is 0 Å². The smallest absolute Gasteiger partial charge is 0.231 e. The maximum absolute atomic E-state index is 5.52. The van der Waals surface area contributed by atoms with Crippen LogP contribution >= 0.6 is 0 Å². The number of H-pyrrole nitrogens is 5. The number of ether oxygens (including phenoxy) is 4. The predicted molar refractivity (Wildman–Crippen MR) is 473 cm³/mol. The standard InChI is InChI=1S/C21H21N5.2C20H21N3O2.C19H14N4.C17H13N5/c1-13-6-5-7-16(24-13)19-18(25-20(26-19)21(2,3)4)14-8-9-15-17(12-14)23-11-10-22-15;2*1-12-6-5-7-14(21-12)18-17(22-19(23-18)20(2,3)4)13-8-9-15-16(10-13)25-11-24-15;1-2-6-14(7-3-1)18-12-15(9-11-21-18)16-13-22-23-19(16)17-8-4-5-10-20-17;1-11-4-2-5-16(20-11)17-12(10-19-22-17)13-7-8-14-15(21-13)6-3-9-18-14/h5-12H,1-4H3,(H,25,26);2*5-10H,11H2,1-4H3,(H,22,23);1-13H,(H,22,23);2-10H,1H3,(H,19,22). The number of benzene rings is 4. The summed E-state index contributed by atoms with van der Waals surface area (Å²) in [4.78, 5) is 70.4. The van der Waals surface area contributed by atoms with Crippen LogP contribution in [0.5, 0.6) is 23.0 Å². The Labute approximate surface area is 700 Å². The Hall–Kier alpha value is -15.1. The maximum atomic E-state index is 5.52. The molecule has 0 aliphatic carbocycles. The minimum absolute atomic E-state index is 0.0898. The van der Waals surface area contributed by atoms with Gasteiger partial charge in [-0.05, 0) is 179 Å². The number of fused-ring (bicyclic) bond motifs is 4. The van der Waals surface area contributed by atoms with Crippen molar-refractivity contribution in [2.75, 3.05) is 13.6 Å². The summed E-state index contributed by atoms with van der Waals surface area (Å²) in [6, 6.07) is 69.7. The minimum atomic E-state index is -0.0901. The van der Waals surface area contributed by atoms with Crippen molar-refractivity contribution in [1.29, 1.82) is 0 Å². The van der Waals surface area contributed by atoms with Gasteiger partial charge in [-0.25, -0.2) is 19.9 Å². The third kappa shape index (κ3) is 18.2. The van der Waals surface area contributed by atoms with Crippen LogP contribution in [-0.4, -0.2) is 114 Å². The molecule has 0 radical (unpaired) electrons. The number of aromatic nitrogens is 20. The van der Waals surface area contributed by atoms with E-state index in [-0.39, 0.29) is 29.8 Å². The lowest BCUT2D eigenvalue weighted by atomic mass is 9.96. The Morgan fingerprint density at radius 3 is 1.19 bits per heavy atom. The molecule has 14 aromatic heterocycles. The van der Waals surface area contributed by atoms with Gasteiger partial charge in [-0.2, -0.15) is 10.2 Å². The van der Waals surface area contributed by atoms with Gasteiger partial charge in [0.15, 0.2) is 23.0 Å². The lowest BCUT2D eigenvalue weighted by Gasteiger charge is -2.14. The topological polar surface area (TPSA) is 309 Å². The Morgan fingerprint density at radius 1 is 0.264 bits per heavy atom. The molecule has 0 atom stereocenters. The van der Waals surface area contributed by atoms with Crippen molar-refractivity contribution in [2.24, 2.45) is 0 Å². The predicted octanol–water partition coefficient (Wildman–Crippen LogP) is 21.2. The molecule has 4 aromatic carbocycles. The average Bonchev–Trinajstić information content (AvgIpc) is 1.65. The highest BCUT2D eigenvalue weighted by molar-refractivity contribution is 5.87. The van der Waals surface area contributed by atoms with Crippen LogP contribution in [0, 0.1) is 27.7 Å². The molecular weight excluding hydrogens is 1510 g/mol. The van der Waals surface area contributed by atoms with E-state index in [1.807, 2.05) is 234 Å².